The fraction of sp³-hybridized carbons (Fsp3) is 0.316. The molecule has 0 bridgehead atoms. The number of amides is 1. The van der Waals surface area contributed by atoms with Crippen LogP contribution in [0.3, 0.4) is 0 Å². The van der Waals surface area contributed by atoms with Crippen LogP contribution in [0.1, 0.15) is 24.1 Å². The van der Waals surface area contributed by atoms with Crippen LogP contribution in [0, 0.1) is 17.0 Å². The van der Waals surface area contributed by atoms with Gasteiger partial charge in [-0.2, -0.15) is 0 Å². The molecule has 0 fully saturated rings. The molecule has 1 unspecified atom stereocenters. The average Bonchev–Trinajstić information content (AvgIpc) is 2.65. The smallest absolute Gasteiger partial charge is 0.272 e. The van der Waals surface area contributed by atoms with E-state index in [-0.39, 0.29) is 24.2 Å². The van der Waals surface area contributed by atoms with Crippen molar-refractivity contribution in [1.82, 2.24) is 5.32 Å². The molecule has 8 heteroatoms. The van der Waals surface area contributed by atoms with Crippen molar-refractivity contribution in [1.29, 1.82) is 0 Å². The minimum atomic E-state index is -0.463. The standard InChI is InChI=1S/C19H22N2O6/c1-12-9-15(5-7-17(12)21(23)24)27-11-19(22)20-13(2)16-10-14(25-3)6-8-18(16)26-4/h5-10,13H,11H2,1-4H3,(H,20,22). The number of hydrogen-bond donors (Lipinski definition) is 1. The second-order valence-electron chi connectivity index (χ2n) is 5.89. The molecule has 2 aromatic rings. The third kappa shape index (κ3) is 5.10. The SMILES string of the molecule is COc1ccc(OC)c(C(C)NC(=O)COc2ccc([N+](=O)[O-])c(C)c2)c1. The summed E-state index contributed by atoms with van der Waals surface area (Å²) < 4.78 is 16.0. The lowest BCUT2D eigenvalue weighted by atomic mass is 10.1. The van der Waals surface area contributed by atoms with Crippen LogP contribution in [0.2, 0.25) is 0 Å². The van der Waals surface area contributed by atoms with Gasteiger partial charge in [0.2, 0.25) is 0 Å². The van der Waals surface area contributed by atoms with Crippen LogP contribution in [-0.4, -0.2) is 31.7 Å². The van der Waals surface area contributed by atoms with E-state index >= 15 is 0 Å². The molecule has 8 nitrogen and oxygen atoms in total. The molecule has 0 saturated carbocycles. The lowest BCUT2D eigenvalue weighted by molar-refractivity contribution is -0.385. The van der Waals surface area contributed by atoms with Crippen molar-refractivity contribution in [2.45, 2.75) is 19.9 Å². The van der Waals surface area contributed by atoms with E-state index < -0.39 is 4.92 Å². The summed E-state index contributed by atoms with van der Waals surface area (Å²) in [6.45, 7) is 3.22. The van der Waals surface area contributed by atoms with Gasteiger partial charge < -0.3 is 19.5 Å². The van der Waals surface area contributed by atoms with E-state index in [1.165, 1.54) is 18.2 Å². The maximum atomic E-state index is 12.2. The van der Waals surface area contributed by atoms with Gasteiger partial charge in [-0.3, -0.25) is 14.9 Å². The predicted octanol–water partition coefficient (Wildman–Crippen LogP) is 3.18. The third-order valence-electron chi connectivity index (χ3n) is 4.02. The van der Waals surface area contributed by atoms with E-state index in [0.29, 0.717) is 22.8 Å². The Kier molecular flexibility index (Phi) is 6.59. The van der Waals surface area contributed by atoms with Crippen LogP contribution in [-0.2, 0) is 4.79 Å². The Bertz CT molecular complexity index is 837. The molecular weight excluding hydrogens is 352 g/mol. The van der Waals surface area contributed by atoms with Gasteiger partial charge in [0.25, 0.3) is 11.6 Å². The van der Waals surface area contributed by atoms with Crippen LogP contribution < -0.4 is 19.5 Å². The van der Waals surface area contributed by atoms with E-state index in [2.05, 4.69) is 5.32 Å². The molecule has 2 rings (SSSR count). The maximum Gasteiger partial charge on any atom is 0.272 e. The van der Waals surface area contributed by atoms with Gasteiger partial charge in [-0.15, -0.1) is 0 Å². The predicted molar refractivity (Wildman–Crippen MR) is 99.4 cm³/mol. The monoisotopic (exact) mass is 374 g/mol. The summed E-state index contributed by atoms with van der Waals surface area (Å²) in [5, 5.41) is 13.7. The Labute approximate surface area is 157 Å². The topological polar surface area (TPSA) is 99.9 Å². The van der Waals surface area contributed by atoms with Crippen molar-refractivity contribution >= 4 is 11.6 Å². The first-order valence-corrected chi connectivity index (χ1v) is 8.24. The minimum Gasteiger partial charge on any atom is -0.497 e. The van der Waals surface area contributed by atoms with E-state index in [0.717, 1.165) is 5.56 Å². The molecule has 0 aromatic heterocycles. The van der Waals surface area contributed by atoms with Gasteiger partial charge in [-0.1, -0.05) is 0 Å². The number of carbonyl (C=O) groups is 1. The number of nitrogens with one attached hydrogen (secondary N) is 1. The summed E-state index contributed by atoms with van der Waals surface area (Å²) in [6.07, 6.45) is 0. The number of benzene rings is 2. The largest absolute Gasteiger partial charge is 0.497 e. The lowest BCUT2D eigenvalue weighted by Crippen LogP contribution is -2.31. The van der Waals surface area contributed by atoms with Crippen molar-refractivity contribution in [3.8, 4) is 17.2 Å². The fourth-order valence-electron chi connectivity index (χ4n) is 2.61. The molecule has 0 radical (unpaired) electrons. The van der Waals surface area contributed by atoms with E-state index in [9.17, 15) is 14.9 Å². The number of hydrogen-bond acceptors (Lipinski definition) is 6. The van der Waals surface area contributed by atoms with Gasteiger partial charge in [-0.05, 0) is 44.2 Å². The van der Waals surface area contributed by atoms with Gasteiger partial charge in [0.05, 0.1) is 25.2 Å². The maximum absolute atomic E-state index is 12.2. The summed E-state index contributed by atoms with van der Waals surface area (Å²) >= 11 is 0. The first kappa shape index (κ1) is 20.0. The minimum absolute atomic E-state index is 0.00513. The molecular formula is C19H22N2O6. The molecule has 1 N–H and O–H groups in total. The third-order valence-corrected chi connectivity index (χ3v) is 4.02. The molecule has 0 aliphatic rings. The summed E-state index contributed by atoms with van der Waals surface area (Å²) in [5.41, 5.74) is 1.24. The number of carbonyl (C=O) groups excluding carboxylic acids is 1. The molecule has 27 heavy (non-hydrogen) atoms. The lowest BCUT2D eigenvalue weighted by Gasteiger charge is -2.18. The van der Waals surface area contributed by atoms with E-state index in [1.54, 1.807) is 39.3 Å². The Morgan fingerprint density at radius 3 is 2.44 bits per heavy atom. The Morgan fingerprint density at radius 1 is 1.15 bits per heavy atom. The highest BCUT2D eigenvalue weighted by atomic mass is 16.6. The molecule has 0 heterocycles. The van der Waals surface area contributed by atoms with Crippen LogP contribution in [0.25, 0.3) is 0 Å². The summed E-state index contributed by atoms with van der Waals surface area (Å²) in [6, 6.07) is 9.36. The Balaban J connectivity index is 1.99. The molecule has 144 valence electrons. The zero-order chi connectivity index (χ0) is 20.0. The van der Waals surface area contributed by atoms with E-state index in [1.807, 2.05) is 6.92 Å². The highest BCUT2D eigenvalue weighted by Crippen LogP contribution is 2.29. The summed E-state index contributed by atoms with van der Waals surface area (Å²) in [5.74, 6) is 1.35. The van der Waals surface area contributed by atoms with Crippen LogP contribution in [0.5, 0.6) is 17.2 Å². The summed E-state index contributed by atoms with van der Waals surface area (Å²) in [4.78, 5) is 22.6. The van der Waals surface area contributed by atoms with Gasteiger partial charge in [0, 0.05) is 17.2 Å². The molecule has 2 aromatic carbocycles. The Morgan fingerprint density at radius 2 is 1.85 bits per heavy atom. The number of methoxy groups -OCH3 is 2. The molecule has 1 amide bonds. The van der Waals surface area contributed by atoms with Crippen molar-refractivity contribution in [2.75, 3.05) is 20.8 Å². The number of ether oxygens (including phenoxy) is 3. The summed E-state index contributed by atoms with van der Waals surface area (Å²) in [7, 11) is 3.12. The first-order valence-electron chi connectivity index (χ1n) is 8.24. The molecule has 0 spiro atoms. The van der Waals surface area contributed by atoms with Crippen molar-refractivity contribution in [3.05, 3.63) is 57.6 Å². The normalized spacial score (nSPS) is 11.4. The van der Waals surface area contributed by atoms with Crippen molar-refractivity contribution in [3.63, 3.8) is 0 Å². The van der Waals surface area contributed by atoms with Crippen LogP contribution in [0.15, 0.2) is 36.4 Å². The molecule has 1 atom stereocenters. The Hall–Kier alpha value is -3.29. The quantitative estimate of drug-likeness (QED) is 0.563. The number of aryl methyl sites for hydroxylation is 1. The molecule has 0 saturated heterocycles. The van der Waals surface area contributed by atoms with Gasteiger partial charge in [0.1, 0.15) is 17.2 Å². The zero-order valence-corrected chi connectivity index (χ0v) is 15.6. The van der Waals surface area contributed by atoms with Gasteiger partial charge in [0.15, 0.2) is 6.61 Å². The van der Waals surface area contributed by atoms with Crippen molar-refractivity contribution < 1.29 is 23.9 Å². The van der Waals surface area contributed by atoms with Crippen LogP contribution in [0.4, 0.5) is 5.69 Å². The van der Waals surface area contributed by atoms with E-state index in [4.69, 9.17) is 14.2 Å². The second kappa shape index (κ2) is 8.88. The molecule has 0 aliphatic carbocycles. The number of nitro groups is 1. The zero-order valence-electron chi connectivity index (χ0n) is 15.6. The molecule has 0 aliphatic heterocycles. The second-order valence-corrected chi connectivity index (χ2v) is 5.89. The first-order chi connectivity index (χ1) is 12.8. The fourth-order valence-corrected chi connectivity index (χ4v) is 2.61. The highest BCUT2D eigenvalue weighted by Gasteiger charge is 2.16. The number of nitrogens with zero attached hydrogens (tertiary/aromatic N) is 1. The van der Waals surface area contributed by atoms with Gasteiger partial charge >= 0.3 is 0 Å². The highest BCUT2D eigenvalue weighted by molar-refractivity contribution is 5.78. The number of rotatable bonds is 8. The van der Waals surface area contributed by atoms with Crippen molar-refractivity contribution in [2.24, 2.45) is 0 Å². The average molecular weight is 374 g/mol. The number of nitro benzene ring substituents is 1. The van der Waals surface area contributed by atoms with Crippen LogP contribution >= 0.6 is 0 Å². The van der Waals surface area contributed by atoms with Gasteiger partial charge in [-0.25, -0.2) is 0 Å².